The predicted molar refractivity (Wildman–Crippen MR) is 65.2 cm³/mol. The van der Waals surface area contributed by atoms with Crippen molar-refractivity contribution in [3.05, 3.63) is 0 Å². The minimum atomic E-state index is 0.166. The highest BCUT2D eigenvalue weighted by molar-refractivity contribution is 5.76. The summed E-state index contributed by atoms with van der Waals surface area (Å²) in [6.07, 6.45) is 6.30. The normalized spacial score (nSPS) is 22.2. The van der Waals surface area contributed by atoms with Gasteiger partial charge in [0.2, 0.25) is 5.91 Å². The Hall–Kier alpha value is -0.570. The molecule has 2 aliphatic carbocycles. The van der Waals surface area contributed by atoms with Crippen LogP contribution in [0.3, 0.4) is 0 Å². The van der Waals surface area contributed by atoms with Crippen molar-refractivity contribution in [1.29, 1.82) is 0 Å². The lowest BCUT2D eigenvalue weighted by atomic mass is 10.0. The van der Waals surface area contributed by atoms with Gasteiger partial charge < -0.3 is 10.6 Å². The summed E-state index contributed by atoms with van der Waals surface area (Å²) in [5.41, 5.74) is 0.647. The molecule has 3 heteroatoms. The molecule has 2 rings (SSSR count). The molecular formula is C13H24N2O. The summed E-state index contributed by atoms with van der Waals surface area (Å²) in [7, 11) is 0. The van der Waals surface area contributed by atoms with Crippen LogP contribution >= 0.6 is 0 Å². The van der Waals surface area contributed by atoms with Gasteiger partial charge in [-0.05, 0) is 50.9 Å². The van der Waals surface area contributed by atoms with Gasteiger partial charge in [-0.1, -0.05) is 0 Å². The lowest BCUT2D eigenvalue weighted by molar-refractivity contribution is -0.121. The first-order valence-corrected chi connectivity index (χ1v) is 6.62. The van der Waals surface area contributed by atoms with E-state index in [1.54, 1.807) is 0 Å². The summed E-state index contributed by atoms with van der Waals surface area (Å²) < 4.78 is 0. The van der Waals surface area contributed by atoms with Gasteiger partial charge in [-0.2, -0.15) is 0 Å². The number of hydrogen-bond donors (Lipinski definition) is 2. The molecule has 0 radical (unpaired) electrons. The molecule has 0 atom stereocenters. The third kappa shape index (κ3) is 3.21. The summed E-state index contributed by atoms with van der Waals surface area (Å²) in [5, 5.41) is 6.36. The molecule has 0 bridgehead atoms. The van der Waals surface area contributed by atoms with Crippen LogP contribution in [0.1, 0.15) is 46.0 Å². The molecule has 0 aromatic heterocycles. The summed E-state index contributed by atoms with van der Waals surface area (Å²) >= 11 is 0. The van der Waals surface area contributed by atoms with Crippen molar-refractivity contribution in [2.75, 3.05) is 13.1 Å². The maximum Gasteiger partial charge on any atom is 0.221 e. The van der Waals surface area contributed by atoms with E-state index in [2.05, 4.69) is 10.6 Å². The molecule has 0 spiro atoms. The Morgan fingerprint density at radius 2 is 2.06 bits per heavy atom. The fourth-order valence-electron chi connectivity index (χ4n) is 2.52. The summed E-state index contributed by atoms with van der Waals surface area (Å²) in [6, 6.07) is 0.258. The van der Waals surface area contributed by atoms with Crippen LogP contribution in [0.5, 0.6) is 0 Å². The van der Waals surface area contributed by atoms with Crippen LogP contribution in [-0.2, 0) is 4.79 Å². The lowest BCUT2D eigenvalue weighted by Crippen LogP contribution is -2.34. The summed E-state index contributed by atoms with van der Waals surface area (Å²) in [4.78, 5) is 11.4. The summed E-state index contributed by atoms with van der Waals surface area (Å²) in [5.74, 6) is 1.17. The highest BCUT2D eigenvalue weighted by Crippen LogP contribution is 2.60. The number of rotatable bonds is 7. The van der Waals surface area contributed by atoms with Crippen LogP contribution in [0, 0.1) is 11.3 Å². The van der Waals surface area contributed by atoms with Crippen molar-refractivity contribution in [3.8, 4) is 0 Å². The van der Waals surface area contributed by atoms with Crippen molar-refractivity contribution in [2.24, 2.45) is 11.3 Å². The Morgan fingerprint density at radius 3 is 2.56 bits per heavy atom. The Labute approximate surface area is 98.4 Å². The fraction of sp³-hybridized carbons (Fsp3) is 0.923. The van der Waals surface area contributed by atoms with Gasteiger partial charge in [0.25, 0.3) is 0 Å². The van der Waals surface area contributed by atoms with Gasteiger partial charge in [0, 0.05) is 25.6 Å². The van der Waals surface area contributed by atoms with E-state index in [4.69, 9.17) is 0 Å². The average Bonchev–Trinajstić information content (AvgIpc) is 3.01. The average molecular weight is 224 g/mol. The number of carbonyl (C=O) groups excluding carboxylic acids is 1. The molecule has 92 valence electrons. The molecule has 2 N–H and O–H groups in total. The zero-order chi connectivity index (χ0) is 11.6. The fourth-order valence-corrected chi connectivity index (χ4v) is 2.52. The first-order valence-electron chi connectivity index (χ1n) is 6.62. The van der Waals surface area contributed by atoms with E-state index in [1.807, 2.05) is 13.8 Å². The number of hydrogen-bond acceptors (Lipinski definition) is 2. The third-order valence-corrected chi connectivity index (χ3v) is 3.79. The lowest BCUT2D eigenvalue weighted by Gasteiger charge is -2.15. The number of carbonyl (C=O) groups is 1. The standard InChI is InChI=1S/C13H24N2O/c1-10(2)15-12(16)5-8-14-9-13(6-7-13)11-3-4-11/h10-11,14H,3-9H2,1-2H3,(H,15,16). The van der Waals surface area contributed by atoms with Crippen LogP contribution in [0.4, 0.5) is 0 Å². The SMILES string of the molecule is CC(C)NC(=O)CCNCC1(C2CC2)CC1. The van der Waals surface area contributed by atoms with Gasteiger partial charge >= 0.3 is 0 Å². The van der Waals surface area contributed by atoms with Gasteiger partial charge in [-0.25, -0.2) is 0 Å². The number of nitrogens with one attached hydrogen (secondary N) is 2. The second-order valence-corrected chi connectivity index (χ2v) is 5.79. The Bertz CT molecular complexity index is 255. The van der Waals surface area contributed by atoms with Crippen LogP contribution < -0.4 is 10.6 Å². The molecule has 3 nitrogen and oxygen atoms in total. The first kappa shape index (κ1) is 11.9. The maximum absolute atomic E-state index is 11.4. The van der Waals surface area contributed by atoms with E-state index in [1.165, 1.54) is 25.7 Å². The molecule has 2 fully saturated rings. The predicted octanol–water partition coefficient (Wildman–Crippen LogP) is 1.68. The van der Waals surface area contributed by atoms with E-state index >= 15 is 0 Å². The van der Waals surface area contributed by atoms with E-state index in [9.17, 15) is 4.79 Å². The highest BCUT2D eigenvalue weighted by Gasteiger charge is 2.53. The molecule has 0 saturated heterocycles. The minimum Gasteiger partial charge on any atom is -0.354 e. The Kier molecular flexibility index (Phi) is 3.53. The molecule has 0 heterocycles. The molecular weight excluding hydrogens is 200 g/mol. The van der Waals surface area contributed by atoms with Crippen molar-refractivity contribution >= 4 is 5.91 Å². The van der Waals surface area contributed by atoms with Crippen molar-refractivity contribution in [1.82, 2.24) is 10.6 Å². The molecule has 2 aliphatic rings. The van der Waals surface area contributed by atoms with Gasteiger partial charge in [-0.15, -0.1) is 0 Å². The van der Waals surface area contributed by atoms with Gasteiger partial charge in [0.05, 0.1) is 0 Å². The zero-order valence-corrected chi connectivity index (χ0v) is 10.5. The van der Waals surface area contributed by atoms with Crippen LogP contribution in [-0.4, -0.2) is 25.0 Å². The summed E-state index contributed by atoms with van der Waals surface area (Å²) in [6.45, 7) is 5.95. The molecule has 0 aromatic carbocycles. The third-order valence-electron chi connectivity index (χ3n) is 3.79. The first-order chi connectivity index (χ1) is 7.62. The molecule has 1 amide bonds. The van der Waals surface area contributed by atoms with Gasteiger partial charge in [0.15, 0.2) is 0 Å². The molecule has 16 heavy (non-hydrogen) atoms. The molecule has 0 unspecified atom stereocenters. The maximum atomic E-state index is 11.4. The van der Waals surface area contributed by atoms with Gasteiger partial charge in [0.1, 0.15) is 0 Å². The smallest absolute Gasteiger partial charge is 0.221 e. The van der Waals surface area contributed by atoms with Crippen LogP contribution in [0.25, 0.3) is 0 Å². The molecule has 0 aromatic rings. The Morgan fingerprint density at radius 1 is 1.38 bits per heavy atom. The van der Waals surface area contributed by atoms with E-state index in [0.717, 1.165) is 19.0 Å². The highest BCUT2D eigenvalue weighted by atomic mass is 16.1. The van der Waals surface area contributed by atoms with Crippen LogP contribution in [0.2, 0.25) is 0 Å². The monoisotopic (exact) mass is 224 g/mol. The Balaban J connectivity index is 1.53. The van der Waals surface area contributed by atoms with Gasteiger partial charge in [-0.3, -0.25) is 4.79 Å². The second-order valence-electron chi connectivity index (χ2n) is 5.79. The second kappa shape index (κ2) is 4.74. The van der Waals surface area contributed by atoms with Crippen molar-refractivity contribution < 1.29 is 4.79 Å². The zero-order valence-electron chi connectivity index (χ0n) is 10.5. The van der Waals surface area contributed by atoms with E-state index in [0.29, 0.717) is 11.8 Å². The number of amides is 1. The van der Waals surface area contributed by atoms with Crippen LogP contribution in [0.15, 0.2) is 0 Å². The molecule has 0 aliphatic heterocycles. The van der Waals surface area contributed by atoms with Crippen molar-refractivity contribution in [2.45, 2.75) is 52.0 Å². The molecule has 2 saturated carbocycles. The topological polar surface area (TPSA) is 41.1 Å². The van der Waals surface area contributed by atoms with E-state index < -0.39 is 0 Å². The minimum absolute atomic E-state index is 0.166. The van der Waals surface area contributed by atoms with E-state index in [-0.39, 0.29) is 11.9 Å². The quantitative estimate of drug-likeness (QED) is 0.646. The van der Waals surface area contributed by atoms with Crippen molar-refractivity contribution in [3.63, 3.8) is 0 Å². The largest absolute Gasteiger partial charge is 0.354 e.